The number of nitrogens with two attached hydrogens (primary N) is 1. The maximum atomic E-state index is 12.6. The van der Waals surface area contributed by atoms with E-state index in [1.165, 1.54) is 7.05 Å². The summed E-state index contributed by atoms with van der Waals surface area (Å²) in [5.74, 6) is 2.62. The van der Waals surface area contributed by atoms with E-state index in [1.807, 2.05) is 42.2 Å². The van der Waals surface area contributed by atoms with Gasteiger partial charge in [0.1, 0.15) is 5.82 Å². The van der Waals surface area contributed by atoms with E-state index in [1.54, 1.807) is 13.0 Å². The maximum Gasteiger partial charge on any atom is 0.249 e. The zero-order valence-electron chi connectivity index (χ0n) is 23.6. The van der Waals surface area contributed by atoms with Crippen LogP contribution < -0.4 is 14.9 Å². The van der Waals surface area contributed by atoms with Crippen LogP contribution in [0.15, 0.2) is 45.2 Å². The van der Waals surface area contributed by atoms with Crippen molar-refractivity contribution in [3.63, 3.8) is 0 Å². The SMILES string of the molecule is Cc1nnc(CN(CC2CC2C)c2cc(-c3nnc([C@](C)(N)Cc4ccccc4)o3)c(Cl)c(N(C)S(C)(=O)=O)n2)o1. The van der Waals surface area contributed by atoms with E-state index in [9.17, 15) is 8.42 Å². The zero-order valence-corrected chi connectivity index (χ0v) is 25.1. The molecule has 3 aromatic heterocycles. The molecule has 0 radical (unpaired) electrons. The average Bonchev–Trinajstić information content (AvgIpc) is 3.25. The first-order valence-corrected chi connectivity index (χ1v) is 15.4. The van der Waals surface area contributed by atoms with E-state index < -0.39 is 15.6 Å². The summed E-state index contributed by atoms with van der Waals surface area (Å²) >= 11 is 6.79. The monoisotopic (exact) mass is 600 g/mol. The van der Waals surface area contributed by atoms with E-state index in [4.69, 9.17) is 26.2 Å². The molecular formula is C27H33ClN8O4S. The molecule has 41 heavy (non-hydrogen) atoms. The van der Waals surface area contributed by atoms with Crippen molar-refractivity contribution in [3.8, 4) is 11.5 Å². The van der Waals surface area contributed by atoms with Gasteiger partial charge < -0.3 is 19.5 Å². The Morgan fingerprint density at radius 2 is 1.85 bits per heavy atom. The van der Waals surface area contributed by atoms with Crippen LogP contribution in [-0.4, -0.2) is 53.6 Å². The van der Waals surface area contributed by atoms with Gasteiger partial charge in [0.2, 0.25) is 33.6 Å². The number of sulfonamides is 1. The quantitative estimate of drug-likeness (QED) is 0.266. The molecule has 218 valence electrons. The molecular weight excluding hydrogens is 568 g/mol. The molecule has 0 bridgehead atoms. The highest BCUT2D eigenvalue weighted by Crippen LogP contribution is 2.42. The van der Waals surface area contributed by atoms with Crippen LogP contribution in [0.25, 0.3) is 11.5 Å². The Bertz CT molecular complexity index is 1640. The Morgan fingerprint density at radius 3 is 2.46 bits per heavy atom. The second-order valence-corrected chi connectivity index (χ2v) is 13.3. The predicted octanol–water partition coefficient (Wildman–Crippen LogP) is 3.95. The molecule has 1 fully saturated rings. The highest BCUT2D eigenvalue weighted by atomic mass is 35.5. The van der Waals surface area contributed by atoms with E-state index in [0.29, 0.717) is 48.0 Å². The van der Waals surface area contributed by atoms with Crippen LogP contribution in [0, 0.1) is 18.8 Å². The number of nitrogens with zero attached hydrogens (tertiary/aromatic N) is 7. The predicted molar refractivity (Wildman–Crippen MR) is 155 cm³/mol. The minimum atomic E-state index is -3.71. The fourth-order valence-corrected chi connectivity index (χ4v) is 5.39. The Balaban J connectivity index is 1.57. The van der Waals surface area contributed by atoms with Crippen LogP contribution >= 0.6 is 11.6 Å². The topological polar surface area (TPSA) is 157 Å². The van der Waals surface area contributed by atoms with Crippen molar-refractivity contribution in [3.05, 3.63) is 64.7 Å². The third-order valence-electron chi connectivity index (χ3n) is 7.23. The number of pyridine rings is 1. The molecule has 0 amide bonds. The molecule has 1 saturated carbocycles. The highest BCUT2D eigenvalue weighted by Gasteiger charge is 2.36. The van der Waals surface area contributed by atoms with E-state index in [2.05, 4.69) is 32.3 Å². The smallest absolute Gasteiger partial charge is 0.249 e. The van der Waals surface area contributed by atoms with Crippen molar-refractivity contribution >= 4 is 33.3 Å². The lowest BCUT2D eigenvalue weighted by Gasteiger charge is -2.26. The number of rotatable bonds is 11. The molecule has 1 aromatic carbocycles. The molecule has 1 aliphatic carbocycles. The molecule has 2 N–H and O–H groups in total. The summed E-state index contributed by atoms with van der Waals surface area (Å²) in [6.45, 7) is 6.63. The number of hydrogen-bond donors (Lipinski definition) is 1. The fourth-order valence-electron chi connectivity index (χ4n) is 4.58. The first-order chi connectivity index (χ1) is 19.3. The highest BCUT2D eigenvalue weighted by molar-refractivity contribution is 7.92. The molecule has 1 aliphatic rings. The molecule has 14 heteroatoms. The number of aromatic nitrogens is 5. The molecule has 0 spiro atoms. The molecule has 3 atom stereocenters. The van der Waals surface area contributed by atoms with Gasteiger partial charge in [0.15, 0.2) is 5.82 Å². The number of halogens is 1. The van der Waals surface area contributed by atoms with Gasteiger partial charge in [-0.1, -0.05) is 48.9 Å². The molecule has 5 rings (SSSR count). The Kier molecular flexibility index (Phi) is 7.79. The summed E-state index contributed by atoms with van der Waals surface area (Å²) in [7, 11) is -2.32. The van der Waals surface area contributed by atoms with Crippen LogP contribution in [0.4, 0.5) is 11.6 Å². The Morgan fingerprint density at radius 1 is 1.15 bits per heavy atom. The van der Waals surface area contributed by atoms with Crippen molar-refractivity contribution in [2.75, 3.05) is 29.1 Å². The summed E-state index contributed by atoms with van der Waals surface area (Å²) in [4.78, 5) is 6.65. The third kappa shape index (κ3) is 6.52. The average molecular weight is 601 g/mol. The lowest BCUT2D eigenvalue weighted by molar-refractivity contribution is 0.355. The molecule has 0 saturated heterocycles. The van der Waals surface area contributed by atoms with Gasteiger partial charge >= 0.3 is 0 Å². The van der Waals surface area contributed by atoms with Crippen molar-refractivity contribution in [2.24, 2.45) is 17.6 Å². The minimum Gasteiger partial charge on any atom is -0.424 e. The van der Waals surface area contributed by atoms with Gasteiger partial charge in [-0.15, -0.1) is 20.4 Å². The van der Waals surface area contributed by atoms with Crippen LogP contribution in [0.1, 0.15) is 43.5 Å². The normalized spacial score (nSPS) is 18.2. The van der Waals surface area contributed by atoms with Gasteiger partial charge in [-0.25, -0.2) is 13.4 Å². The summed E-state index contributed by atoms with van der Waals surface area (Å²) in [6, 6.07) is 11.5. The third-order valence-corrected chi connectivity index (χ3v) is 8.77. The van der Waals surface area contributed by atoms with Crippen LogP contribution in [-0.2, 0) is 28.5 Å². The fraction of sp³-hybridized carbons (Fsp3) is 0.444. The molecule has 0 aliphatic heterocycles. The van der Waals surface area contributed by atoms with Crippen molar-refractivity contribution < 1.29 is 17.3 Å². The largest absolute Gasteiger partial charge is 0.424 e. The second kappa shape index (κ2) is 11.0. The van der Waals surface area contributed by atoms with E-state index in [-0.39, 0.29) is 29.2 Å². The number of aryl methyl sites for hydroxylation is 1. The molecule has 4 aromatic rings. The summed E-state index contributed by atoms with van der Waals surface area (Å²) in [6.07, 6.45) is 2.61. The molecule has 2 unspecified atom stereocenters. The Hall–Kier alpha value is -3.55. The first kappa shape index (κ1) is 29.0. The van der Waals surface area contributed by atoms with Gasteiger partial charge in [0, 0.05) is 20.5 Å². The lowest BCUT2D eigenvalue weighted by atomic mass is 9.94. The van der Waals surface area contributed by atoms with Crippen LogP contribution in [0.5, 0.6) is 0 Å². The van der Waals surface area contributed by atoms with Crippen molar-refractivity contribution in [1.82, 2.24) is 25.4 Å². The number of anilines is 2. The van der Waals surface area contributed by atoms with Gasteiger partial charge in [-0.05, 0) is 43.2 Å². The van der Waals surface area contributed by atoms with E-state index in [0.717, 1.165) is 22.5 Å². The van der Waals surface area contributed by atoms with Gasteiger partial charge in [-0.2, -0.15) is 0 Å². The van der Waals surface area contributed by atoms with Gasteiger partial charge in [0.05, 0.1) is 28.9 Å². The van der Waals surface area contributed by atoms with Crippen LogP contribution in [0.3, 0.4) is 0 Å². The number of benzene rings is 1. The molecule has 3 heterocycles. The number of hydrogen-bond acceptors (Lipinski definition) is 11. The van der Waals surface area contributed by atoms with Crippen LogP contribution in [0.2, 0.25) is 5.02 Å². The standard InChI is InChI=1S/C27H33ClN8O4S/c1-16-11-19(16)14-36(15-22-32-31-17(2)39-22)21-12-20(23(28)24(30-21)35(4)41(5,37)38)25-33-34-26(40-25)27(3,29)13-18-9-7-6-8-10-18/h6-10,12,16,19H,11,13-15,29H2,1-5H3/t16?,19?,27-/m1/s1. The first-order valence-electron chi connectivity index (χ1n) is 13.2. The van der Waals surface area contributed by atoms with Gasteiger partial charge in [0.25, 0.3) is 0 Å². The zero-order chi connectivity index (χ0) is 29.5. The second-order valence-electron chi connectivity index (χ2n) is 11.0. The summed E-state index contributed by atoms with van der Waals surface area (Å²) < 4.78 is 37.9. The van der Waals surface area contributed by atoms with Crippen molar-refractivity contribution in [2.45, 2.75) is 45.7 Å². The summed E-state index contributed by atoms with van der Waals surface area (Å²) in [5.41, 5.74) is 6.99. The lowest BCUT2D eigenvalue weighted by Crippen LogP contribution is -2.35. The Labute approximate surface area is 244 Å². The minimum absolute atomic E-state index is 0.0248. The maximum absolute atomic E-state index is 12.6. The molecule has 12 nitrogen and oxygen atoms in total. The van der Waals surface area contributed by atoms with Crippen molar-refractivity contribution in [1.29, 1.82) is 0 Å². The van der Waals surface area contributed by atoms with Gasteiger partial charge in [-0.3, -0.25) is 4.31 Å². The summed E-state index contributed by atoms with van der Waals surface area (Å²) in [5, 5.41) is 16.6. The van der Waals surface area contributed by atoms with E-state index >= 15 is 0 Å².